The third-order valence-corrected chi connectivity index (χ3v) is 2.75. The third kappa shape index (κ3) is 4.02. The Morgan fingerprint density at radius 2 is 1.45 bits per heavy atom. The number of aliphatic carboxylic acids is 1. The van der Waals surface area contributed by atoms with Crippen LogP contribution < -0.4 is 9.47 Å². The molecule has 0 radical (unpaired) electrons. The van der Waals surface area contributed by atoms with Gasteiger partial charge in [0.05, 0.1) is 0 Å². The minimum atomic E-state index is -0.999. The lowest BCUT2D eigenvalue weighted by molar-refractivity contribution is -0.139. The molecule has 0 fully saturated rings. The third-order valence-electron chi connectivity index (χ3n) is 2.75. The molecule has 4 heteroatoms. The molecular weight excluding hydrogens is 256 g/mol. The number of hydrogen-bond acceptors (Lipinski definition) is 3. The first-order chi connectivity index (χ1) is 9.67. The highest BCUT2D eigenvalue weighted by Crippen LogP contribution is 2.24. The molecular formula is C16H16O4. The van der Waals surface area contributed by atoms with Gasteiger partial charge in [0.25, 0.3) is 0 Å². The quantitative estimate of drug-likeness (QED) is 0.874. The number of benzene rings is 2. The van der Waals surface area contributed by atoms with Crippen molar-refractivity contribution in [3.05, 3.63) is 54.1 Å². The molecule has 2 rings (SSSR count). The molecule has 0 bridgehead atoms. The van der Waals surface area contributed by atoms with Gasteiger partial charge in [-0.2, -0.15) is 0 Å². The Labute approximate surface area is 117 Å². The molecule has 0 atom stereocenters. The maximum Gasteiger partial charge on any atom is 0.341 e. The molecule has 1 N–H and O–H groups in total. The minimum absolute atomic E-state index is 0.349. The van der Waals surface area contributed by atoms with E-state index in [1.807, 2.05) is 24.3 Å². The summed E-state index contributed by atoms with van der Waals surface area (Å²) in [6.45, 7) is 1.75. The second kappa shape index (κ2) is 6.61. The highest BCUT2D eigenvalue weighted by atomic mass is 16.5. The van der Waals surface area contributed by atoms with E-state index in [1.165, 1.54) is 5.56 Å². The zero-order valence-electron chi connectivity index (χ0n) is 11.2. The van der Waals surface area contributed by atoms with Crippen LogP contribution in [0.15, 0.2) is 48.5 Å². The normalized spacial score (nSPS) is 10.1. The highest BCUT2D eigenvalue weighted by molar-refractivity contribution is 5.68. The molecule has 0 saturated heterocycles. The molecule has 0 saturated carbocycles. The van der Waals surface area contributed by atoms with Crippen LogP contribution in [-0.2, 0) is 11.2 Å². The molecule has 0 amide bonds. The van der Waals surface area contributed by atoms with Gasteiger partial charge in [0.15, 0.2) is 6.61 Å². The Morgan fingerprint density at radius 3 is 1.95 bits per heavy atom. The lowest BCUT2D eigenvalue weighted by Gasteiger charge is -2.08. The summed E-state index contributed by atoms with van der Waals surface area (Å²) in [6, 6.07) is 14.7. The molecule has 0 aromatic heterocycles. The molecule has 0 unspecified atom stereocenters. The van der Waals surface area contributed by atoms with Crippen LogP contribution in [0.4, 0.5) is 0 Å². The van der Waals surface area contributed by atoms with Crippen molar-refractivity contribution in [2.24, 2.45) is 0 Å². The summed E-state index contributed by atoms with van der Waals surface area (Å²) < 4.78 is 10.7. The van der Waals surface area contributed by atoms with Crippen molar-refractivity contribution in [3.63, 3.8) is 0 Å². The van der Waals surface area contributed by atoms with E-state index in [0.29, 0.717) is 11.5 Å². The van der Waals surface area contributed by atoms with Crippen LogP contribution in [0.1, 0.15) is 12.5 Å². The fourth-order valence-electron chi connectivity index (χ4n) is 1.68. The minimum Gasteiger partial charge on any atom is -0.482 e. The average Bonchev–Trinajstić information content (AvgIpc) is 2.47. The predicted molar refractivity (Wildman–Crippen MR) is 75.5 cm³/mol. The van der Waals surface area contributed by atoms with Crippen molar-refractivity contribution in [2.45, 2.75) is 13.3 Å². The Kier molecular flexibility index (Phi) is 4.60. The van der Waals surface area contributed by atoms with Crippen LogP contribution in [-0.4, -0.2) is 17.7 Å². The predicted octanol–water partition coefficient (Wildman–Crippen LogP) is 3.50. The summed E-state index contributed by atoms with van der Waals surface area (Å²) in [5.74, 6) is 0.945. The van der Waals surface area contributed by atoms with E-state index in [0.717, 1.165) is 12.2 Å². The zero-order chi connectivity index (χ0) is 14.4. The van der Waals surface area contributed by atoms with Crippen molar-refractivity contribution in [3.8, 4) is 17.2 Å². The second-order valence-corrected chi connectivity index (χ2v) is 4.25. The van der Waals surface area contributed by atoms with Gasteiger partial charge in [-0.3, -0.25) is 0 Å². The topological polar surface area (TPSA) is 55.8 Å². The fraction of sp³-hybridized carbons (Fsp3) is 0.188. The first kappa shape index (κ1) is 13.9. The van der Waals surface area contributed by atoms with Crippen molar-refractivity contribution in [2.75, 3.05) is 6.61 Å². The van der Waals surface area contributed by atoms with Gasteiger partial charge in [0.1, 0.15) is 17.2 Å². The van der Waals surface area contributed by atoms with Crippen LogP contribution in [0.25, 0.3) is 0 Å². The van der Waals surface area contributed by atoms with Gasteiger partial charge >= 0.3 is 5.97 Å². The largest absolute Gasteiger partial charge is 0.482 e. The molecule has 2 aromatic carbocycles. The summed E-state index contributed by atoms with van der Waals surface area (Å²) in [6.07, 6.45) is 0.996. The summed E-state index contributed by atoms with van der Waals surface area (Å²) in [7, 11) is 0. The van der Waals surface area contributed by atoms with Crippen molar-refractivity contribution < 1.29 is 19.4 Å². The zero-order valence-corrected chi connectivity index (χ0v) is 11.2. The van der Waals surface area contributed by atoms with Crippen LogP contribution in [0, 0.1) is 0 Å². The molecule has 0 aliphatic rings. The smallest absolute Gasteiger partial charge is 0.341 e. The van der Waals surface area contributed by atoms with Gasteiger partial charge in [-0.25, -0.2) is 4.79 Å². The van der Waals surface area contributed by atoms with Crippen molar-refractivity contribution >= 4 is 5.97 Å². The van der Waals surface area contributed by atoms with E-state index in [-0.39, 0.29) is 6.61 Å². The van der Waals surface area contributed by atoms with Crippen LogP contribution in [0.5, 0.6) is 17.2 Å². The lowest BCUT2D eigenvalue weighted by Crippen LogP contribution is -2.09. The Hall–Kier alpha value is -2.49. The first-order valence-corrected chi connectivity index (χ1v) is 6.39. The first-order valence-electron chi connectivity index (χ1n) is 6.39. The Balaban J connectivity index is 1.97. The Bertz CT molecular complexity index is 558. The number of carboxylic acid groups (broad SMARTS) is 1. The van der Waals surface area contributed by atoms with Gasteiger partial charge in [0.2, 0.25) is 0 Å². The van der Waals surface area contributed by atoms with Crippen LogP contribution in [0.2, 0.25) is 0 Å². The molecule has 0 heterocycles. The van der Waals surface area contributed by atoms with Crippen molar-refractivity contribution in [1.82, 2.24) is 0 Å². The van der Waals surface area contributed by atoms with Gasteiger partial charge in [0, 0.05) is 0 Å². The maximum absolute atomic E-state index is 10.4. The molecule has 0 aliphatic carbocycles. The Morgan fingerprint density at radius 1 is 0.950 bits per heavy atom. The number of rotatable bonds is 6. The number of carbonyl (C=O) groups is 1. The van der Waals surface area contributed by atoms with Crippen molar-refractivity contribution in [1.29, 1.82) is 0 Å². The fourth-order valence-corrected chi connectivity index (χ4v) is 1.68. The number of hydrogen-bond donors (Lipinski definition) is 1. The standard InChI is InChI=1S/C16H16O4/c1-2-12-3-5-14(6-4-12)20-15-9-7-13(8-10-15)19-11-16(17)18/h3-10H,2,11H2,1H3,(H,17,18). The van der Waals surface area contributed by atoms with Gasteiger partial charge in [-0.15, -0.1) is 0 Å². The van der Waals surface area contributed by atoms with Gasteiger partial charge < -0.3 is 14.6 Å². The molecule has 0 aliphatic heterocycles. The van der Waals surface area contributed by atoms with E-state index in [9.17, 15) is 4.79 Å². The molecule has 0 spiro atoms. The van der Waals surface area contributed by atoms with E-state index >= 15 is 0 Å². The number of aryl methyl sites for hydroxylation is 1. The van der Waals surface area contributed by atoms with E-state index in [1.54, 1.807) is 24.3 Å². The summed E-state index contributed by atoms with van der Waals surface area (Å²) in [5.41, 5.74) is 1.26. The average molecular weight is 272 g/mol. The van der Waals surface area contributed by atoms with Crippen LogP contribution in [0.3, 0.4) is 0 Å². The molecule has 20 heavy (non-hydrogen) atoms. The second-order valence-electron chi connectivity index (χ2n) is 4.25. The maximum atomic E-state index is 10.4. The van der Waals surface area contributed by atoms with Gasteiger partial charge in [-0.05, 0) is 48.4 Å². The molecule has 104 valence electrons. The lowest BCUT2D eigenvalue weighted by atomic mass is 10.2. The summed E-state index contributed by atoms with van der Waals surface area (Å²) in [4.78, 5) is 10.4. The highest BCUT2D eigenvalue weighted by Gasteiger charge is 2.01. The van der Waals surface area contributed by atoms with E-state index < -0.39 is 5.97 Å². The molecule has 2 aromatic rings. The molecule has 4 nitrogen and oxygen atoms in total. The van der Waals surface area contributed by atoms with Gasteiger partial charge in [-0.1, -0.05) is 19.1 Å². The van der Waals surface area contributed by atoms with E-state index in [4.69, 9.17) is 14.6 Å². The summed E-state index contributed by atoms with van der Waals surface area (Å²) in [5, 5.41) is 8.52. The monoisotopic (exact) mass is 272 g/mol. The number of carboxylic acids is 1. The van der Waals surface area contributed by atoms with Crippen LogP contribution >= 0.6 is 0 Å². The SMILES string of the molecule is CCc1ccc(Oc2ccc(OCC(=O)O)cc2)cc1. The summed E-state index contributed by atoms with van der Waals surface area (Å²) >= 11 is 0. The number of ether oxygens (including phenoxy) is 2. The van der Waals surface area contributed by atoms with E-state index in [2.05, 4.69) is 6.92 Å².